The number of piperidine rings is 1. The standard InChI is InChI=1S/C12H14BrNO3/c13-10-11(15)8(7-1-3-14-4-2-7)5-9-12(10)17-6-16-9/h5,7,14-15H,1-4,6H2. The van der Waals surface area contributed by atoms with Crippen molar-refractivity contribution in [1.82, 2.24) is 5.32 Å². The number of aromatic hydroxyl groups is 1. The Kier molecular flexibility index (Phi) is 2.88. The fraction of sp³-hybridized carbons (Fsp3) is 0.500. The topological polar surface area (TPSA) is 50.7 Å². The first kappa shape index (κ1) is 11.2. The van der Waals surface area contributed by atoms with Crippen LogP contribution in [0.3, 0.4) is 0 Å². The Morgan fingerprint density at radius 1 is 1.29 bits per heavy atom. The van der Waals surface area contributed by atoms with Gasteiger partial charge in [-0.1, -0.05) is 0 Å². The molecule has 5 heteroatoms. The number of hydrogen-bond donors (Lipinski definition) is 2. The molecule has 1 fully saturated rings. The molecule has 1 aromatic carbocycles. The highest BCUT2D eigenvalue weighted by atomic mass is 79.9. The van der Waals surface area contributed by atoms with Crippen LogP contribution in [0.25, 0.3) is 0 Å². The summed E-state index contributed by atoms with van der Waals surface area (Å²) in [7, 11) is 0. The molecule has 0 amide bonds. The quantitative estimate of drug-likeness (QED) is 0.836. The molecular formula is C12H14BrNO3. The van der Waals surface area contributed by atoms with E-state index in [1.165, 1.54) is 0 Å². The van der Waals surface area contributed by atoms with E-state index in [9.17, 15) is 5.11 Å². The third-order valence-corrected chi connectivity index (χ3v) is 4.12. The summed E-state index contributed by atoms with van der Waals surface area (Å²) >= 11 is 3.38. The first-order valence-electron chi connectivity index (χ1n) is 5.79. The molecule has 17 heavy (non-hydrogen) atoms. The summed E-state index contributed by atoms with van der Waals surface area (Å²) in [5.74, 6) is 2.02. The lowest BCUT2D eigenvalue weighted by molar-refractivity contribution is 0.173. The van der Waals surface area contributed by atoms with Crippen molar-refractivity contribution in [2.45, 2.75) is 18.8 Å². The maximum absolute atomic E-state index is 10.2. The molecule has 92 valence electrons. The fourth-order valence-electron chi connectivity index (χ4n) is 2.46. The minimum absolute atomic E-state index is 0.225. The Bertz CT molecular complexity index is 444. The first-order chi connectivity index (χ1) is 8.27. The number of halogens is 1. The second-order valence-electron chi connectivity index (χ2n) is 4.39. The zero-order valence-electron chi connectivity index (χ0n) is 9.33. The fourth-order valence-corrected chi connectivity index (χ4v) is 2.99. The van der Waals surface area contributed by atoms with Crippen molar-refractivity contribution in [2.75, 3.05) is 19.9 Å². The van der Waals surface area contributed by atoms with Gasteiger partial charge in [-0.3, -0.25) is 0 Å². The SMILES string of the molecule is Oc1c(C2CCNCC2)cc2c(c1Br)OCO2. The van der Waals surface area contributed by atoms with Crippen LogP contribution in [0.2, 0.25) is 0 Å². The maximum atomic E-state index is 10.2. The average molecular weight is 300 g/mol. The lowest BCUT2D eigenvalue weighted by Crippen LogP contribution is -2.26. The van der Waals surface area contributed by atoms with E-state index in [1.807, 2.05) is 6.07 Å². The largest absolute Gasteiger partial charge is 0.506 e. The highest BCUT2D eigenvalue weighted by molar-refractivity contribution is 9.10. The predicted octanol–water partition coefficient (Wildman–Crippen LogP) is 2.35. The van der Waals surface area contributed by atoms with E-state index in [4.69, 9.17) is 9.47 Å². The van der Waals surface area contributed by atoms with Crippen LogP contribution in [0.5, 0.6) is 17.2 Å². The van der Waals surface area contributed by atoms with E-state index in [0.717, 1.165) is 37.2 Å². The van der Waals surface area contributed by atoms with E-state index < -0.39 is 0 Å². The molecule has 0 spiro atoms. The van der Waals surface area contributed by atoms with Crippen molar-refractivity contribution in [3.05, 3.63) is 16.1 Å². The molecule has 4 nitrogen and oxygen atoms in total. The molecule has 0 unspecified atom stereocenters. The van der Waals surface area contributed by atoms with Gasteiger partial charge >= 0.3 is 0 Å². The van der Waals surface area contributed by atoms with Crippen LogP contribution in [0.4, 0.5) is 0 Å². The Morgan fingerprint density at radius 2 is 2.06 bits per heavy atom. The van der Waals surface area contributed by atoms with E-state index in [-0.39, 0.29) is 6.79 Å². The maximum Gasteiger partial charge on any atom is 0.231 e. The van der Waals surface area contributed by atoms with Gasteiger partial charge in [0.25, 0.3) is 0 Å². The average Bonchev–Trinajstić information content (AvgIpc) is 2.83. The monoisotopic (exact) mass is 299 g/mol. The van der Waals surface area contributed by atoms with Gasteiger partial charge in [-0.15, -0.1) is 0 Å². The second kappa shape index (κ2) is 4.38. The third kappa shape index (κ3) is 1.87. The number of nitrogens with one attached hydrogen (secondary N) is 1. The summed E-state index contributed by atoms with van der Waals surface area (Å²) in [6, 6.07) is 1.92. The number of benzene rings is 1. The molecule has 2 aliphatic heterocycles. The Balaban J connectivity index is 2.01. The van der Waals surface area contributed by atoms with Gasteiger partial charge in [0.2, 0.25) is 6.79 Å². The molecule has 0 aliphatic carbocycles. The summed E-state index contributed by atoms with van der Waals surface area (Å²) < 4.78 is 11.3. The van der Waals surface area contributed by atoms with Crippen LogP contribution < -0.4 is 14.8 Å². The summed E-state index contributed by atoms with van der Waals surface area (Å²) in [4.78, 5) is 0. The lowest BCUT2D eigenvalue weighted by atomic mass is 9.89. The van der Waals surface area contributed by atoms with Crippen molar-refractivity contribution >= 4 is 15.9 Å². The van der Waals surface area contributed by atoms with Gasteiger partial charge in [-0.05, 0) is 53.8 Å². The minimum Gasteiger partial charge on any atom is -0.506 e. The number of phenols is 1. The van der Waals surface area contributed by atoms with Crippen molar-refractivity contribution in [3.8, 4) is 17.2 Å². The van der Waals surface area contributed by atoms with Crippen molar-refractivity contribution in [2.24, 2.45) is 0 Å². The van der Waals surface area contributed by atoms with E-state index in [0.29, 0.717) is 21.9 Å². The highest BCUT2D eigenvalue weighted by Crippen LogP contribution is 2.49. The minimum atomic E-state index is 0.225. The van der Waals surface area contributed by atoms with E-state index in [1.54, 1.807) is 0 Å². The van der Waals surface area contributed by atoms with Crippen molar-refractivity contribution in [1.29, 1.82) is 0 Å². The molecule has 3 rings (SSSR count). The summed E-state index contributed by atoms with van der Waals surface area (Å²) in [6.45, 7) is 2.22. The molecule has 1 saturated heterocycles. The van der Waals surface area contributed by atoms with Gasteiger partial charge in [-0.2, -0.15) is 0 Å². The van der Waals surface area contributed by atoms with Crippen LogP contribution in [0.1, 0.15) is 24.3 Å². The number of fused-ring (bicyclic) bond motifs is 1. The second-order valence-corrected chi connectivity index (χ2v) is 5.18. The van der Waals surface area contributed by atoms with Gasteiger partial charge in [-0.25, -0.2) is 0 Å². The molecule has 0 atom stereocenters. The van der Waals surface area contributed by atoms with E-state index >= 15 is 0 Å². The van der Waals surface area contributed by atoms with Crippen LogP contribution >= 0.6 is 15.9 Å². The Labute approximate surface area is 108 Å². The summed E-state index contributed by atoms with van der Waals surface area (Å²) in [5.41, 5.74) is 0.961. The number of hydrogen-bond acceptors (Lipinski definition) is 4. The summed E-state index contributed by atoms with van der Waals surface area (Å²) in [5, 5.41) is 13.5. The van der Waals surface area contributed by atoms with Crippen LogP contribution in [-0.4, -0.2) is 25.0 Å². The number of rotatable bonds is 1. The summed E-state index contributed by atoms with van der Waals surface area (Å²) in [6.07, 6.45) is 2.08. The first-order valence-corrected chi connectivity index (χ1v) is 6.58. The van der Waals surface area contributed by atoms with Gasteiger partial charge in [0.05, 0.1) is 0 Å². The van der Waals surface area contributed by atoms with Crippen LogP contribution in [0, 0.1) is 0 Å². The number of phenolic OH excluding ortho intramolecular Hbond substituents is 1. The molecule has 0 radical (unpaired) electrons. The predicted molar refractivity (Wildman–Crippen MR) is 66.8 cm³/mol. The highest BCUT2D eigenvalue weighted by Gasteiger charge is 2.27. The van der Waals surface area contributed by atoms with Crippen LogP contribution in [0.15, 0.2) is 10.5 Å². The van der Waals surface area contributed by atoms with Gasteiger partial charge in [0, 0.05) is 5.56 Å². The van der Waals surface area contributed by atoms with Gasteiger partial charge in [0.15, 0.2) is 11.5 Å². The zero-order chi connectivity index (χ0) is 11.8. The Morgan fingerprint density at radius 3 is 2.82 bits per heavy atom. The third-order valence-electron chi connectivity index (χ3n) is 3.39. The van der Waals surface area contributed by atoms with Crippen LogP contribution in [-0.2, 0) is 0 Å². The lowest BCUT2D eigenvalue weighted by Gasteiger charge is -2.24. The molecule has 2 N–H and O–H groups in total. The molecule has 0 aromatic heterocycles. The molecular weight excluding hydrogens is 286 g/mol. The molecule has 0 bridgehead atoms. The number of ether oxygens (including phenoxy) is 2. The van der Waals surface area contributed by atoms with Crippen molar-refractivity contribution < 1.29 is 14.6 Å². The van der Waals surface area contributed by atoms with Gasteiger partial charge < -0.3 is 19.9 Å². The smallest absolute Gasteiger partial charge is 0.231 e. The molecule has 2 aliphatic rings. The molecule has 0 saturated carbocycles. The zero-order valence-corrected chi connectivity index (χ0v) is 10.9. The van der Waals surface area contributed by atoms with E-state index in [2.05, 4.69) is 21.2 Å². The van der Waals surface area contributed by atoms with Gasteiger partial charge in [0.1, 0.15) is 10.2 Å². The molecule has 1 aromatic rings. The molecule has 2 heterocycles. The Hall–Kier alpha value is -0.940. The normalized spacial score (nSPS) is 19.6. The van der Waals surface area contributed by atoms with Crippen molar-refractivity contribution in [3.63, 3.8) is 0 Å².